The number of carbonyl (C=O) groups is 1. The van der Waals surface area contributed by atoms with Gasteiger partial charge in [-0.1, -0.05) is 26.0 Å². The molecule has 0 aliphatic heterocycles. The van der Waals surface area contributed by atoms with Crippen molar-refractivity contribution in [2.45, 2.75) is 34.1 Å². The molecular formula is C19H24N2O. The van der Waals surface area contributed by atoms with Crippen LogP contribution in [0.3, 0.4) is 0 Å². The highest BCUT2D eigenvalue weighted by Gasteiger charge is 2.05. The van der Waals surface area contributed by atoms with Gasteiger partial charge in [-0.05, 0) is 61.2 Å². The lowest BCUT2D eigenvalue weighted by Gasteiger charge is -2.12. The quantitative estimate of drug-likeness (QED) is 0.812. The van der Waals surface area contributed by atoms with Gasteiger partial charge in [0.25, 0.3) is 0 Å². The molecule has 3 nitrogen and oxygen atoms in total. The van der Waals surface area contributed by atoms with Crippen LogP contribution in [-0.4, -0.2) is 5.91 Å². The third-order valence-corrected chi connectivity index (χ3v) is 3.43. The molecule has 0 aliphatic rings. The van der Waals surface area contributed by atoms with E-state index in [4.69, 9.17) is 0 Å². The summed E-state index contributed by atoms with van der Waals surface area (Å²) in [5.74, 6) is 0.426. The number of anilines is 3. The standard InChI is InChI=1S/C19H24N2O/c1-13(2)11-19(22)21-17-9-7-16(8-10-17)20-18-12-14(3)5-6-15(18)4/h5-10,12-13,20H,11H2,1-4H3,(H,21,22). The Morgan fingerprint density at radius 1 is 1.00 bits per heavy atom. The average Bonchev–Trinajstić information content (AvgIpc) is 2.44. The number of rotatable bonds is 5. The van der Waals surface area contributed by atoms with E-state index in [1.165, 1.54) is 11.1 Å². The van der Waals surface area contributed by atoms with Crippen molar-refractivity contribution in [3.8, 4) is 0 Å². The van der Waals surface area contributed by atoms with Crippen LogP contribution in [0.2, 0.25) is 0 Å². The SMILES string of the molecule is Cc1ccc(C)c(Nc2ccc(NC(=O)CC(C)C)cc2)c1. The van der Waals surface area contributed by atoms with Crippen molar-refractivity contribution in [1.29, 1.82) is 0 Å². The first kappa shape index (κ1) is 16.1. The second kappa shape index (κ2) is 7.12. The lowest BCUT2D eigenvalue weighted by atomic mass is 10.1. The molecule has 0 saturated carbocycles. The van der Waals surface area contributed by atoms with Crippen LogP contribution in [0.15, 0.2) is 42.5 Å². The van der Waals surface area contributed by atoms with Gasteiger partial charge in [0, 0.05) is 23.5 Å². The zero-order chi connectivity index (χ0) is 16.1. The van der Waals surface area contributed by atoms with Crippen molar-refractivity contribution in [3.05, 3.63) is 53.6 Å². The van der Waals surface area contributed by atoms with E-state index >= 15 is 0 Å². The first-order valence-corrected chi connectivity index (χ1v) is 7.68. The average molecular weight is 296 g/mol. The topological polar surface area (TPSA) is 41.1 Å². The van der Waals surface area contributed by atoms with Gasteiger partial charge in [-0.15, -0.1) is 0 Å². The van der Waals surface area contributed by atoms with E-state index in [2.05, 4.69) is 42.7 Å². The van der Waals surface area contributed by atoms with Crippen molar-refractivity contribution in [2.75, 3.05) is 10.6 Å². The van der Waals surface area contributed by atoms with Crippen LogP contribution in [0.25, 0.3) is 0 Å². The Morgan fingerprint density at radius 3 is 2.27 bits per heavy atom. The molecule has 0 radical (unpaired) electrons. The number of aryl methyl sites for hydroxylation is 2. The Kier molecular flexibility index (Phi) is 5.21. The van der Waals surface area contributed by atoms with Crippen molar-refractivity contribution in [3.63, 3.8) is 0 Å². The van der Waals surface area contributed by atoms with Crippen LogP contribution in [0.1, 0.15) is 31.4 Å². The fourth-order valence-electron chi connectivity index (χ4n) is 2.25. The molecule has 0 unspecified atom stereocenters. The predicted molar refractivity (Wildman–Crippen MR) is 93.7 cm³/mol. The molecule has 0 aliphatic carbocycles. The van der Waals surface area contributed by atoms with Gasteiger partial charge in [-0.25, -0.2) is 0 Å². The van der Waals surface area contributed by atoms with Gasteiger partial charge in [0.1, 0.15) is 0 Å². The summed E-state index contributed by atoms with van der Waals surface area (Å²) < 4.78 is 0. The normalized spacial score (nSPS) is 10.6. The summed E-state index contributed by atoms with van der Waals surface area (Å²) in [5, 5.41) is 6.33. The second-order valence-corrected chi connectivity index (χ2v) is 6.17. The molecule has 116 valence electrons. The Labute approximate surface area is 132 Å². The smallest absolute Gasteiger partial charge is 0.224 e. The monoisotopic (exact) mass is 296 g/mol. The highest BCUT2D eigenvalue weighted by Crippen LogP contribution is 2.23. The van der Waals surface area contributed by atoms with Gasteiger partial charge in [0.05, 0.1) is 0 Å². The number of benzene rings is 2. The van der Waals surface area contributed by atoms with E-state index in [1.54, 1.807) is 0 Å². The molecule has 2 N–H and O–H groups in total. The largest absolute Gasteiger partial charge is 0.355 e. The molecule has 0 spiro atoms. The first-order chi connectivity index (χ1) is 10.4. The van der Waals surface area contributed by atoms with Crippen LogP contribution < -0.4 is 10.6 Å². The highest BCUT2D eigenvalue weighted by molar-refractivity contribution is 5.91. The summed E-state index contributed by atoms with van der Waals surface area (Å²) in [6.07, 6.45) is 0.544. The molecule has 0 aromatic heterocycles. The van der Waals surface area contributed by atoms with Gasteiger partial charge >= 0.3 is 0 Å². The molecule has 22 heavy (non-hydrogen) atoms. The minimum Gasteiger partial charge on any atom is -0.355 e. The van der Waals surface area contributed by atoms with Crippen molar-refractivity contribution < 1.29 is 4.79 Å². The highest BCUT2D eigenvalue weighted by atomic mass is 16.1. The van der Waals surface area contributed by atoms with Crippen molar-refractivity contribution in [1.82, 2.24) is 0 Å². The lowest BCUT2D eigenvalue weighted by molar-refractivity contribution is -0.116. The van der Waals surface area contributed by atoms with Gasteiger partial charge in [-0.3, -0.25) is 4.79 Å². The molecule has 0 bridgehead atoms. The van der Waals surface area contributed by atoms with Crippen LogP contribution in [0, 0.1) is 19.8 Å². The molecule has 0 atom stereocenters. The van der Waals surface area contributed by atoms with E-state index in [9.17, 15) is 4.79 Å². The van der Waals surface area contributed by atoms with Crippen LogP contribution in [0.4, 0.5) is 17.1 Å². The molecule has 2 aromatic carbocycles. The Hall–Kier alpha value is -2.29. The Balaban J connectivity index is 2.03. The molecular weight excluding hydrogens is 272 g/mol. The molecule has 0 heterocycles. The molecule has 0 saturated heterocycles. The number of hydrogen-bond donors (Lipinski definition) is 2. The molecule has 3 heteroatoms. The van der Waals surface area contributed by atoms with Crippen LogP contribution in [-0.2, 0) is 4.79 Å². The number of hydrogen-bond acceptors (Lipinski definition) is 2. The molecule has 0 fully saturated rings. The minimum atomic E-state index is 0.0604. The maximum atomic E-state index is 11.8. The number of amides is 1. The predicted octanol–water partition coefficient (Wildman–Crippen LogP) is 5.03. The third kappa shape index (κ3) is 4.62. The summed E-state index contributed by atoms with van der Waals surface area (Å²) in [7, 11) is 0. The second-order valence-electron chi connectivity index (χ2n) is 6.17. The minimum absolute atomic E-state index is 0.0604. The van der Waals surface area contributed by atoms with Crippen LogP contribution >= 0.6 is 0 Å². The molecule has 1 amide bonds. The summed E-state index contributed by atoms with van der Waals surface area (Å²) in [6, 6.07) is 14.1. The van der Waals surface area contributed by atoms with E-state index in [0.29, 0.717) is 12.3 Å². The maximum absolute atomic E-state index is 11.8. The van der Waals surface area contributed by atoms with E-state index in [1.807, 2.05) is 38.1 Å². The number of carbonyl (C=O) groups excluding carboxylic acids is 1. The van der Waals surface area contributed by atoms with Gasteiger partial charge in [-0.2, -0.15) is 0 Å². The van der Waals surface area contributed by atoms with Gasteiger partial charge in [0.2, 0.25) is 5.91 Å². The molecule has 2 rings (SSSR count). The Morgan fingerprint density at radius 2 is 1.64 bits per heavy atom. The van der Waals surface area contributed by atoms with E-state index < -0.39 is 0 Å². The Bertz CT molecular complexity index is 645. The lowest BCUT2D eigenvalue weighted by Crippen LogP contribution is -2.13. The van der Waals surface area contributed by atoms with E-state index in [0.717, 1.165) is 17.1 Å². The van der Waals surface area contributed by atoms with Gasteiger partial charge in [0.15, 0.2) is 0 Å². The number of nitrogens with one attached hydrogen (secondary N) is 2. The summed E-state index contributed by atoms with van der Waals surface area (Å²) in [6.45, 7) is 8.24. The maximum Gasteiger partial charge on any atom is 0.224 e. The zero-order valence-electron chi connectivity index (χ0n) is 13.7. The first-order valence-electron chi connectivity index (χ1n) is 7.68. The fraction of sp³-hybridized carbons (Fsp3) is 0.316. The summed E-state index contributed by atoms with van der Waals surface area (Å²) >= 11 is 0. The summed E-state index contributed by atoms with van der Waals surface area (Å²) in [5.41, 5.74) is 5.38. The fourth-order valence-corrected chi connectivity index (χ4v) is 2.25. The third-order valence-electron chi connectivity index (χ3n) is 3.43. The van der Waals surface area contributed by atoms with E-state index in [-0.39, 0.29) is 5.91 Å². The molecule has 2 aromatic rings. The summed E-state index contributed by atoms with van der Waals surface area (Å²) in [4.78, 5) is 11.8. The van der Waals surface area contributed by atoms with Crippen LogP contribution in [0.5, 0.6) is 0 Å². The van der Waals surface area contributed by atoms with Crippen molar-refractivity contribution >= 4 is 23.0 Å². The van der Waals surface area contributed by atoms with Crippen molar-refractivity contribution in [2.24, 2.45) is 5.92 Å². The van der Waals surface area contributed by atoms with Gasteiger partial charge < -0.3 is 10.6 Å². The zero-order valence-corrected chi connectivity index (χ0v) is 13.7.